The lowest BCUT2D eigenvalue weighted by molar-refractivity contribution is 0.0403. The highest BCUT2D eigenvalue weighted by atomic mass is 16.5. The molecule has 1 aromatic rings. The molecule has 1 unspecified atom stereocenters. The number of benzene rings is 1. The molecular formula is C26H46O3. The fourth-order valence-electron chi connectivity index (χ4n) is 3.89. The van der Waals surface area contributed by atoms with E-state index in [1.807, 2.05) is 6.07 Å². The van der Waals surface area contributed by atoms with Crippen LogP contribution in [-0.2, 0) is 4.74 Å². The summed E-state index contributed by atoms with van der Waals surface area (Å²) < 4.78 is 6.18. The first-order valence-corrected chi connectivity index (χ1v) is 12.3. The van der Waals surface area contributed by atoms with Crippen molar-refractivity contribution >= 4 is 0 Å². The van der Waals surface area contributed by atoms with Crippen LogP contribution in [0.15, 0.2) is 18.2 Å². The predicted molar refractivity (Wildman–Crippen MR) is 124 cm³/mol. The lowest BCUT2D eigenvalue weighted by Crippen LogP contribution is -2.07. The standard InChI is InChI=1S/C26H46O3/c1-3-5-7-9-11-13-15-17-22-29-25(21-16-14-12-10-8-6-4-2)23-19-18-20-24(27)26(23)28/h18-20,25,27-28H,3-17,21-22H2,1-2H3. The van der Waals surface area contributed by atoms with Crippen LogP contribution < -0.4 is 0 Å². The van der Waals surface area contributed by atoms with Gasteiger partial charge in [0.15, 0.2) is 11.5 Å². The summed E-state index contributed by atoms with van der Waals surface area (Å²) in [5.41, 5.74) is 0.732. The largest absolute Gasteiger partial charge is 0.504 e. The highest BCUT2D eigenvalue weighted by molar-refractivity contribution is 5.45. The highest BCUT2D eigenvalue weighted by Gasteiger charge is 2.18. The molecule has 0 fully saturated rings. The second-order valence-electron chi connectivity index (χ2n) is 8.46. The highest BCUT2D eigenvalue weighted by Crippen LogP contribution is 2.36. The Morgan fingerprint density at radius 3 is 1.79 bits per heavy atom. The summed E-state index contributed by atoms with van der Waals surface area (Å²) in [6.07, 6.45) is 19.9. The van der Waals surface area contributed by atoms with E-state index in [0.717, 1.165) is 31.4 Å². The summed E-state index contributed by atoms with van der Waals surface area (Å²) in [5.74, 6) is -0.0703. The molecule has 0 bridgehead atoms. The third kappa shape index (κ3) is 12.2. The fourth-order valence-corrected chi connectivity index (χ4v) is 3.89. The lowest BCUT2D eigenvalue weighted by Gasteiger charge is -2.20. The van der Waals surface area contributed by atoms with E-state index < -0.39 is 0 Å². The maximum absolute atomic E-state index is 10.3. The number of aromatic hydroxyl groups is 2. The third-order valence-electron chi connectivity index (χ3n) is 5.78. The number of ether oxygens (including phenoxy) is 1. The second-order valence-corrected chi connectivity index (χ2v) is 8.46. The molecule has 0 aliphatic carbocycles. The minimum atomic E-state index is -0.123. The van der Waals surface area contributed by atoms with Crippen LogP contribution in [0, 0.1) is 0 Å². The van der Waals surface area contributed by atoms with E-state index >= 15 is 0 Å². The number of phenols is 2. The molecule has 29 heavy (non-hydrogen) atoms. The number of hydrogen-bond acceptors (Lipinski definition) is 3. The topological polar surface area (TPSA) is 49.7 Å². The molecule has 0 amide bonds. The quantitative estimate of drug-likeness (QED) is 0.179. The molecule has 3 nitrogen and oxygen atoms in total. The third-order valence-corrected chi connectivity index (χ3v) is 5.78. The molecule has 0 saturated heterocycles. The normalized spacial score (nSPS) is 12.3. The molecule has 2 N–H and O–H groups in total. The summed E-state index contributed by atoms with van der Waals surface area (Å²) in [4.78, 5) is 0. The van der Waals surface area contributed by atoms with E-state index in [2.05, 4.69) is 13.8 Å². The van der Waals surface area contributed by atoms with Gasteiger partial charge in [0.25, 0.3) is 0 Å². The smallest absolute Gasteiger partial charge is 0.163 e. The monoisotopic (exact) mass is 406 g/mol. The van der Waals surface area contributed by atoms with Gasteiger partial charge in [-0.3, -0.25) is 0 Å². The number of phenolic OH excluding ortho intramolecular Hbond substituents is 2. The van der Waals surface area contributed by atoms with Crippen molar-refractivity contribution in [1.29, 1.82) is 0 Å². The van der Waals surface area contributed by atoms with Crippen LogP contribution >= 0.6 is 0 Å². The van der Waals surface area contributed by atoms with Crippen LogP contribution in [0.25, 0.3) is 0 Å². The molecular weight excluding hydrogens is 360 g/mol. The van der Waals surface area contributed by atoms with Crippen LogP contribution in [0.4, 0.5) is 0 Å². The van der Waals surface area contributed by atoms with Gasteiger partial charge in [0.1, 0.15) is 0 Å². The summed E-state index contributed by atoms with van der Waals surface area (Å²) in [6.45, 7) is 5.23. The van der Waals surface area contributed by atoms with E-state index in [-0.39, 0.29) is 17.6 Å². The van der Waals surface area contributed by atoms with Crippen molar-refractivity contribution in [3.63, 3.8) is 0 Å². The van der Waals surface area contributed by atoms with Gasteiger partial charge in [-0.2, -0.15) is 0 Å². The van der Waals surface area contributed by atoms with Gasteiger partial charge in [0.05, 0.1) is 6.10 Å². The van der Waals surface area contributed by atoms with Crippen molar-refractivity contribution in [1.82, 2.24) is 0 Å². The van der Waals surface area contributed by atoms with Gasteiger partial charge >= 0.3 is 0 Å². The van der Waals surface area contributed by atoms with Crippen molar-refractivity contribution < 1.29 is 14.9 Å². The van der Waals surface area contributed by atoms with Gasteiger partial charge in [-0.15, -0.1) is 0 Å². The van der Waals surface area contributed by atoms with Crippen LogP contribution in [0.3, 0.4) is 0 Å². The van der Waals surface area contributed by atoms with E-state index in [1.165, 1.54) is 89.5 Å². The van der Waals surface area contributed by atoms with E-state index in [4.69, 9.17) is 4.74 Å². The van der Waals surface area contributed by atoms with Crippen LogP contribution in [0.2, 0.25) is 0 Å². The Bertz CT molecular complexity index is 501. The molecule has 1 rings (SSSR count). The molecule has 0 aliphatic rings. The minimum Gasteiger partial charge on any atom is -0.504 e. The Morgan fingerprint density at radius 1 is 0.690 bits per heavy atom. The number of rotatable bonds is 19. The van der Waals surface area contributed by atoms with Crippen LogP contribution in [-0.4, -0.2) is 16.8 Å². The van der Waals surface area contributed by atoms with Gasteiger partial charge < -0.3 is 14.9 Å². The second kappa shape index (κ2) is 17.6. The van der Waals surface area contributed by atoms with Crippen molar-refractivity contribution in [3.05, 3.63) is 23.8 Å². The first-order valence-electron chi connectivity index (χ1n) is 12.3. The Morgan fingerprint density at radius 2 is 1.21 bits per heavy atom. The Hall–Kier alpha value is -1.22. The predicted octanol–water partition coefficient (Wildman–Crippen LogP) is 8.44. The molecule has 0 aliphatic heterocycles. The first-order chi connectivity index (χ1) is 14.2. The van der Waals surface area contributed by atoms with Gasteiger partial charge in [-0.1, -0.05) is 116 Å². The minimum absolute atomic E-state index is 0.0173. The maximum atomic E-state index is 10.3. The average Bonchev–Trinajstić information content (AvgIpc) is 2.72. The molecule has 0 heterocycles. The van der Waals surface area contributed by atoms with Crippen molar-refractivity contribution in [2.75, 3.05) is 6.61 Å². The Labute approximate surface area is 179 Å². The summed E-state index contributed by atoms with van der Waals surface area (Å²) in [6, 6.07) is 5.21. The summed E-state index contributed by atoms with van der Waals surface area (Å²) in [7, 11) is 0. The molecule has 0 spiro atoms. The average molecular weight is 407 g/mol. The molecule has 0 aromatic heterocycles. The van der Waals surface area contributed by atoms with Crippen molar-refractivity contribution in [2.45, 2.75) is 123 Å². The molecule has 0 saturated carbocycles. The summed E-state index contributed by atoms with van der Waals surface area (Å²) in [5, 5.41) is 20.1. The van der Waals surface area contributed by atoms with Gasteiger partial charge in [-0.05, 0) is 18.9 Å². The fraction of sp³-hybridized carbons (Fsp3) is 0.769. The zero-order valence-corrected chi connectivity index (χ0v) is 19.1. The SMILES string of the molecule is CCCCCCCCCCOC(CCCCCCCCC)c1cccc(O)c1O. The first kappa shape index (κ1) is 25.8. The molecule has 1 aromatic carbocycles. The van der Waals surface area contributed by atoms with E-state index in [0.29, 0.717) is 0 Å². The van der Waals surface area contributed by atoms with Gasteiger partial charge in [0, 0.05) is 12.2 Å². The molecule has 1 atom stereocenters. The molecule has 168 valence electrons. The van der Waals surface area contributed by atoms with Crippen molar-refractivity contribution in [3.8, 4) is 11.5 Å². The van der Waals surface area contributed by atoms with E-state index in [9.17, 15) is 10.2 Å². The zero-order valence-electron chi connectivity index (χ0n) is 19.1. The Balaban J connectivity index is 2.35. The van der Waals surface area contributed by atoms with Crippen LogP contribution in [0.1, 0.15) is 128 Å². The van der Waals surface area contributed by atoms with Crippen LogP contribution in [0.5, 0.6) is 11.5 Å². The van der Waals surface area contributed by atoms with E-state index in [1.54, 1.807) is 6.07 Å². The molecule has 0 radical (unpaired) electrons. The van der Waals surface area contributed by atoms with Crippen molar-refractivity contribution in [2.24, 2.45) is 0 Å². The zero-order chi connectivity index (χ0) is 21.2. The number of hydrogen-bond donors (Lipinski definition) is 2. The summed E-state index contributed by atoms with van der Waals surface area (Å²) >= 11 is 0. The van der Waals surface area contributed by atoms with Gasteiger partial charge in [-0.25, -0.2) is 0 Å². The maximum Gasteiger partial charge on any atom is 0.163 e. The number of unbranched alkanes of at least 4 members (excludes halogenated alkanes) is 13. The van der Waals surface area contributed by atoms with Gasteiger partial charge in [0.2, 0.25) is 0 Å². The Kier molecular flexibility index (Phi) is 15.7. The number of para-hydroxylation sites is 1. The lowest BCUT2D eigenvalue weighted by atomic mass is 10.0. The molecule has 3 heteroatoms.